The molecule has 0 fully saturated rings. The van der Waals surface area contributed by atoms with Gasteiger partial charge in [-0.25, -0.2) is 4.98 Å². The normalized spacial score (nSPS) is 14.1. The van der Waals surface area contributed by atoms with Gasteiger partial charge in [-0.2, -0.15) is 0 Å². The lowest BCUT2D eigenvalue weighted by molar-refractivity contribution is 0.295. The van der Waals surface area contributed by atoms with Crippen molar-refractivity contribution in [2.24, 2.45) is 5.41 Å². The Morgan fingerprint density at radius 2 is 2.19 bits per heavy atom. The standard InChI is InChI=1S/C12H22N2S2/c1-6-13-10(12(3,4)5)8-16-11-14-9(2)7-15-11/h7,10,13H,6,8H2,1-5H3. The third kappa shape index (κ3) is 4.44. The van der Waals surface area contributed by atoms with Crippen LogP contribution in [0.5, 0.6) is 0 Å². The predicted molar refractivity (Wildman–Crippen MR) is 74.5 cm³/mol. The van der Waals surface area contributed by atoms with Gasteiger partial charge in [0.05, 0.1) is 0 Å². The second-order valence-corrected chi connectivity index (χ2v) is 7.17. The van der Waals surface area contributed by atoms with E-state index in [9.17, 15) is 0 Å². The van der Waals surface area contributed by atoms with Gasteiger partial charge in [0.15, 0.2) is 0 Å². The minimum atomic E-state index is 0.301. The van der Waals surface area contributed by atoms with Crippen LogP contribution in [0.3, 0.4) is 0 Å². The molecule has 1 atom stereocenters. The molecule has 92 valence electrons. The zero-order valence-electron chi connectivity index (χ0n) is 10.8. The molecule has 0 aliphatic carbocycles. The summed E-state index contributed by atoms with van der Waals surface area (Å²) < 4.78 is 1.18. The van der Waals surface area contributed by atoms with Gasteiger partial charge in [-0.05, 0) is 18.9 Å². The minimum absolute atomic E-state index is 0.301. The zero-order valence-corrected chi connectivity index (χ0v) is 12.5. The Kier molecular flexibility index (Phi) is 5.28. The van der Waals surface area contributed by atoms with E-state index in [0.717, 1.165) is 18.0 Å². The lowest BCUT2D eigenvalue weighted by Gasteiger charge is -2.30. The van der Waals surface area contributed by atoms with Gasteiger partial charge in [0.2, 0.25) is 0 Å². The number of aromatic nitrogens is 1. The van der Waals surface area contributed by atoms with E-state index >= 15 is 0 Å². The van der Waals surface area contributed by atoms with Crippen LogP contribution in [0.2, 0.25) is 0 Å². The molecule has 4 heteroatoms. The van der Waals surface area contributed by atoms with Crippen LogP contribution in [0, 0.1) is 12.3 Å². The topological polar surface area (TPSA) is 24.9 Å². The molecule has 2 nitrogen and oxygen atoms in total. The Hall–Kier alpha value is -0.0600. The predicted octanol–water partition coefficient (Wildman–Crippen LogP) is 3.57. The van der Waals surface area contributed by atoms with E-state index in [2.05, 4.69) is 43.4 Å². The Bertz CT molecular complexity index is 315. The first kappa shape index (κ1) is 14.0. The van der Waals surface area contributed by atoms with Gasteiger partial charge in [0.1, 0.15) is 4.34 Å². The van der Waals surface area contributed by atoms with Crippen LogP contribution < -0.4 is 5.32 Å². The van der Waals surface area contributed by atoms with Crippen molar-refractivity contribution < 1.29 is 0 Å². The highest BCUT2D eigenvalue weighted by Gasteiger charge is 2.23. The van der Waals surface area contributed by atoms with Crippen molar-refractivity contribution in [1.29, 1.82) is 0 Å². The summed E-state index contributed by atoms with van der Waals surface area (Å²) in [5, 5.41) is 5.67. The van der Waals surface area contributed by atoms with Crippen molar-refractivity contribution >= 4 is 23.1 Å². The molecule has 16 heavy (non-hydrogen) atoms. The van der Waals surface area contributed by atoms with Crippen molar-refractivity contribution in [3.05, 3.63) is 11.1 Å². The van der Waals surface area contributed by atoms with Crippen molar-refractivity contribution in [2.45, 2.75) is 45.0 Å². The fourth-order valence-corrected chi connectivity index (χ4v) is 3.69. The van der Waals surface area contributed by atoms with Crippen LogP contribution in [-0.4, -0.2) is 23.3 Å². The highest BCUT2D eigenvalue weighted by Crippen LogP contribution is 2.28. The molecule has 1 rings (SSSR count). The maximum atomic E-state index is 4.48. The third-order valence-corrected chi connectivity index (χ3v) is 4.70. The second kappa shape index (κ2) is 6.03. The molecule has 1 aromatic rings. The van der Waals surface area contributed by atoms with E-state index in [1.807, 2.05) is 18.7 Å². The van der Waals surface area contributed by atoms with Crippen LogP contribution in [0.4, 0.5) is 0 Å². The molecular formula is C12H22N2S2. The first-order valence-electron chi connectivity index (χ1n) is 5.71. The average molecular weight is 258 g/mol. The molecular weight excluding hydrogens is 236 g/mol. The first-order chi connectivity index (χ1) is 7.43. The second-order valence-electron chi connectivity index (χ2n) is 5.04. The molecule has 0 radical (unpaired) electrons. The summed E-state index contributed by atoms with van der Waals surface area (Å²) in [5.74, 6) is 1.09. The van der Waals surface area contributed by atoms with Gasteiger partial charge < -0.3 is 5.32 Å². The number of thioether (sulfide) groups is 1. The smallest absolute Gasteiger partial charge is 0.150 e. The van der Waals surface area contributed by atoms with E-state index in [1.54, 1.807) is 11.3 Å². The van der Waals surface area contributed by atoms with Crippen LogP contribution in [0.25, 0.3) is 0 Å². The monoisotopic (exact) mass is 258 g/mol. The molecule has 0 saturated carbocycles. The van der Waals surface area contributed by atoms with Gasteiger partial charge in [-0.3, -0.25) is 0 Å². The highest BCUT2D eigenvalue weighted by molar-refractivity contribution is 8.01. The number of aryl methyl sites for hydroxylation is 1. The summed E-state index contributed by atoms with van der Waals surface area (Å²) in [5.41, 5.74) is 1.43. The Balaban J connectivity index is 2.50. The van der Waals surface area contributed by atoms with E-state index in [0.29, 0.717) is 11.5 Å². The number of hydrogen-bond donors (Lipinski definition) is 1. The Morgan fingerprint density at radius 3 is 2.62 bits per heavy atom. The molecule has 0 amide bonds. The number of thiazole rings is 1. The first-order valence-corrected chi connectivity index (χ1v) is 7.58. The Morgan fingerprint density at radius 1 is 1.50 bits per heavy atom. The van der Waals surface area contributed by atoms with Crippen LogP contribution in [0.15, 0.2) is 9.72 Å². The lowest BCUT2D eigenvalue weighted by Crippen LogP contribution is -2.42. The van der Waals surface area contributed by atoms with Crippen LogP contribution in [0.1, 0.15) is 33.4 Å². The van der Waals surface area contributed by atoms with Gasteiger partial charge in [0, 0.05) is 22.9 Å². The summed E-state index contributed by atoms with van der Waals surface area (Å²) in [6.07, 6.45) is 0. The van der Waals surface area contributed by atoms with E-state index in [4.69, 9.17) is 0 Å². The summed E-state index contributed by atoms with van der Waals surface area (Å²) >= 11 is 3.61. The van der Waals surface area contributed by atoms with Crippen molar-refractivity contribution in [3.8, 4) is 0 Å². The van der Waals surface area contributed by atoms with Crippen LogP contribution in [-0.2, 0) is 0 Å². The van der Waals surface area contributed by atoms with E-state index in [-0.39, 0.29) is 0 Å². The van der Waals surface area contributed by atoms with Crippen molar-refractivity contribution in [3.63, 3.8) is 0 Å². The fraction of sp³-hybridized carbons (Fsp3) is 0.750. The Labute approximate surface area is 107 Å². The quantitative estimate of drug-likeness (QED) is 0.817. The summed E-state index contributed by atoms with van der Waals surface area (Å²) in [7, 11) is 0. The number of nitrogens with zero attached hydrogens (tertiary/aromatic N) is 1. The highest BCUT2D eigenvalue weighted by atomic mass is 32.2. The van der Waals surface area contributed by atoms with Gasteiger partial charge in [0.25, 0.3) is 0 Å². The maximum Gasteiger partial charge on any atom is 0.150 e. The molecule has 0 aromatic carbocycles. The summed E-state index contributed by atoms with van der Waals surface area (Å²) in [6.45, 7) is 12.1. The molecule has 1 aromatic heterocycles. The number of nitrogens with one attached hydrogen (secondary N) is 1. The minimum Gasteiger partial charge on any atom is -0.313 e. The van der Waals surface area contributed by atoms with Gasteiger partial charge in [-0.1, -0.05) is 39.5 Å². The molecule has 0 saturated heterocycles. The SMILES string of the molecule is CCNC(CSc1nc(C)cs1)C(C)(C)C. The summed E-state index contributed by atoms with van der Waals surface area (Å²) in [6, 6.07) is 0.534. The molecule has 0 aliphatic rings. The number of rotatable bonds is 5. The van der Waals surface area contributed by atoms with E-state index in [1.165, 1.54) is 4.34 Å². The van der Waals surface area contributed by atoms with E-state index < -0.39 is 0 Å². The lowest BCUT2D eigenvalue weighted by atomic mass is 9.88. The third-order valence-electron chi connectivity index (χ3n) is 2.47. The van der Waals surface area contributed by atoms with Crippen molar-refractivity contribution in [1.82, 2.24) is 10.3 Å². The molecule has 0 spiro atoms. The number of hydrogen-bond acceptors (Lipinski definition) is 4. The average Bonchev–Trinajstić information content (AvgIpc) is 2.57. The zero-order chi connectivity index (χ0) is 12.2. The van der Waals surface area contributed by atoms with Gasteiger partial charge >= 0.3 is 0 Å². The molecule has 1 heterocycles. The van der Waals surface area contributed by atoms with Crippen LogP contribution >= 0.6 is 23.1 Å². The molecule has 1 unspecified atom stereocenters. The van der Waals surface area contributed by atoms with Crippen molar-refractivity contribution in [2.75, 3.05) is 12.3 Å². The molecule has 0 bridgehead atoms. The fourth-order valence-electron chi connectivity index (χ4n) is 1.41. The maximum absolute atomic E-state index is 4.48. The largest absolute Gasteiger partial charge is 0.313 e. The molecule has 1 N–H and O–H groups in total. The molecule has 0 aliphatic heterocycles. The summed E-state index contributed by atoms with van der Waals surface area (Å²) in [4.78, 5) is 4.48. The van der Waals surface area contributed by atoms with Gasteiger partial charge in [-0.15, -0.1) is 11.3 Å².